The van der Waals surface area contributed by atoms with E-state index in [0.29, 0.717) is 36.9 Å². The zero-order valence-corrected chi connectivity index (χ0v) is 22.5. The molecule has 1 saturated heterocycles. The Bertz CT molecular complexity index is 727. The summed E-state index contributed by atoms with van der Waals surface area (Å²) in [6.07, 6.45) is 7.34. The van der Waals surface area contributed by atoms with Crippen LogP contribution in [0.4, 0.5) is 0 Å². The first-order valence-corrected chi connectivity index (χ1v) is 16.0. The molecule has 0 radical (unpaired) electrons. The Balaban J connectivity index is 1.63. The second-order valence-electron chi connectivity index (χ2n) is 12.5. The largest absolute Gasteiger partial charge is 0.401 e. The van der Waals surface area contributed by atoms with Crippen LogP contribution in [0.5, 0.6) is 0 Å². The SMILES string of the molecule is CCC1[C@@H]2[C@@H](C#C[C@](C)(O[Si](C)(C)C(C)(C)C)C3CCCC3)[C@H](O)CC[C@@H]2C12OCCO2. The van der Waals surface area contributed by atoms with E-state index in [1.54, 1.807) is 0 Å². The van der Waals surface area contributed by atoms with Gasteiger partial charge in [-0.25, -0.2) is 0 Å². The van der Waals surface area contributed by atoms with Gasteiger partial charge >= 0.3 is 0 Å². The quantitative estimate of drug-likeness (QED) is 0.427. The van der Waals surface area contributed by atoms with Gasteiger partial charge in [0.25, 0.3) is 0 Å². The molecule has 1 heterocycles. The molecule has 3 saturated carbocycles. The normalized spacial score (nSPS) is 36.8. The second-order valence-corrected chi connectivity index (χ2v) is 17.2. The minimum atomic E-state index is -1.98. The van der Waals surface area contributed by atoms with Gasteiger partial charge in [0.1, 0.15) is 5.60 Å². The molecule has 4 nitrogen and oxygen atoms in total. The van der Waals surface area contributed by atoms with Gasteiger partial charge in [-0.3, -0.25) is 0 Å². The monoisotopic (exact) mass is 462 g/mol. The van der Waals surface area contributed by atoms with Crippen molar-refractivity contribution in [3.63, 3.8) is 0 Å². The molecule has 0 amide bonds. The smallest absolute Gasteiger partial charge is 0.194 e. The molecule has 3 aliphatic carbocycles. The number of aliphatic hydroxyl groups excluding tert-OH is 1. The van der Waals surface area contributed by atoms with Crippen molar-refractivity contribution in [3.8, 4) is 11.8 Å². The third-order valence-corrected chi connectivity index (χ3v) is 14.2. The van der Waals surface area contributed by atoms with E-state index in [2.05, 4.69) is 59.6 Å². The Morgan fingerprint density at radius 2 is 1.66 bits per heavy atom. The molecule has 6 atom stereocenters. The van der Waals surface area contributed by atoms with Gasteiger partial charge in [0.15, 0.2) is 14.1 Å². The summed E-state index contributed by atoms with van der Waals surface area (Å²) in [6.45, 7) is 17.4. The first-order chi connectivity index (χ1) is 15.0. The Labute approximate surface area is 197 Å². The molecule has 0 aromatic heterocycles. The molecule has 1 spiro atoms. The lowest BCUT2D eigenvalue weighted by Crippen LogP contribution is -2.67. The average Bonchev–Trinajstić information content (AvgIpc) is 3.40. The van der Waals surface area contributed by atoms with Gasteiger partial charge in [-0.05, 0) is 69.0 Å². The van der Waals surface area contributed by atoms with Gasteiger partial charge in [-0.2, -0.15) is 0 Å². The lowest BCUT2D eigenvalue weighted by molar-refractivity contribution is -0.340. The lowest BCUT2D eigenvalue weighted by Gasteiger charge is -2.62. The predicted octanol–water partition coefficient (Wildman–Crippen LogP) is 5.75. The lowest BCUT2D eigenvalue weighted by atomic mass is 9.49. The molecule has 1 unspecified atom stereocenters. The van der Waals surface area contributed by atoms with Gasteiger partial charge in [-0.15, -0.1) is 0 Å². The molecule has 182 valence electrons. The molecule has 5 heteroatoms. The Morgan fingerprint density at radius 1 is 1.03 bits per heavy atom. The Kier molecular flexibility index (Phi) is 6.71. The summed E-state index contributed by atoms with van der Waals surface area (Å²) < 4.78 is 19.4. The predicted molar refractivity (Wildman–Crippen MR) is 131 cm³/mol. The first kappa shape index (κ1) is 24.7. The number of hydrogen-bond acceptors (Lipinski definition) is 4. The van der Waals surface area contributed by atoms with Crippen molar-refractivity contribution in [1.29, 1.82) is 0 Å². The molecule has 0 aromatic rings. The van der Waals surface area contributed by atoms with Crippen molar-refractivity contribution in [1.82, 2.24) is 0 Å². The third-order valence-electron chi connectivity index (χ3n) is 9.64. The molecule has 32 heavy (non-hydrogen) atoms. The van der Waals surface area contributed by atoms with Crippen molar-refractivity contribution >= 4 is 8.32 Å². The minimum absolute atomic E-state index is 0.0131. The van der Waals surface area contributed by atoms with E-state index in [1.165, 1.54) is 25.7 Å². The van der Waals surface area contributed by atoms with Crippen LogP contribution in [-0.4, -0.2) is 44.1 Å². The van der Waals surface area contributed by atoms with Crippen LogP contribution in [0.3, 0.4) is 0 Å². The van der Waals surface area contributed by atoms with Crippen LogP contribution < -0.4 is 0 Å². The Morgan fingerprint density at radius 3 is 2.22 bits per heavy atom. The highest BCUT2D eigenvalue weighted by atomic mass is 28.4. The van der Waals surface area contributed by atoms with Gasteiger partial charge in [-0.1, -0.05) is 52.4 Å². The van der Waals surface area contributed by atoms with Gasteiger partial charge in [0, 0.05) is 11.8 Å². The number of ether oxygens (including phenoxy) is 2. The molecule has 0 aromatic carbocycles. The van der Waals surface area contributed by atoms with Gasteiger partial charge in [0.05, 0.1) is 25.2 Å². The summed E-state index contributed by atoms with van der Waals surface area (Å²) in [7, 11) is -1.98. The van der Waals surface area contributed by atoms with Gasteiger partial charge < -0.3 is 19.0 Å². The summed E-state index contributed by atoms with van der Waals surface area (Å²) in [4.78, 5) is 0. The molecule has 1 N–H and O–H groups in total. The summed E-state index contributed by atoms with van der Waals surface area (Å²) in [5, 5.41) is 11.2. The molecular weight excluding hydrogens is 416 g/mol. The number of rotatable bonds is 4. The van der Waals surface area contributed by atoms with Crippen LogP contribution in [-0.2, 0) is 13.9 Å². The summed E-state index contributed by atoms with van der Waals surface area (Å²) in [5.74, 6) is 8.44. The van der Waals surface area contributed by atoms with E-state index in [1.807, 2.05) is 0 Å². The van der Waals surface area contributed by atoms with E-state index >= 15 is 0 Å². The van der Waals surface area contributed by atoms with Crippen LogP contribution in [0.15, 0.2) is 0 Å². The molecular formula is C27H46O4Si. The molecule has 1 aliphatic heterocycles. The fourth-order valence-electron chi connectivity index (χ4n) is 6.87. The van der Waals surface area contributed by atoms with E-state index in [9.17, 15) is 5.11 Å². The van der Waals surface area contributed by atoms with Crippen molar-refractivity contribution < 1.29 is 19.0 Å². The zero-order valence-electron chi connectivity index (χ0n) is 21.5. The van der Waals surface area contributed by atoms with Crippen molar-refractivity contribution in [2.45, 2.75) is 115 Å². The minimum Gasteiger partial charge on any atom is -0.401 e. The molecule has 4 aliphatic rings. The van der Waals surface area contributed by atoms with Crippen molar-refractivity contribution in [2.75, 3.05) is 13.2 Å². The summed E-state index contributed by atoms with van der Waals surface area (Å²) in [5.41, 5.74) is -0.435. The van der Waals surface area contributed by atoms with Gasteiger partial charge in [0.2, 0.25) is 0 Å². The van der Waals surface area contributed by atoms with Crippen LogP contribution in [0.25, 0.3) is 0 Å². The van der Waals surface area contributed by atoms with E-state index in [4.69, 9.17) is 13.9 Å². The van der Waals surface area contributed by atoms with E-state index < -0.39 is 19.7 Å². The van der Waals surface area contributed by atoms with E-state index in [0.717, 1.165) is 19.3 Å². The number of fused-ring (bicyclic) bond motifs is 2. The highest BCUT2D eigenvalue weighted by Gasteiger charge is 2.68. The summed E-state index contributed by atoms with van der Waals surface area (Å²) >= 11 is 0. The van der Waals surface area contributed by atoms with Crippen molar-refractivity contribution in [2.24, 2.45) is 29.6 Å². The van der Waals surface area contributed by atoms with Crippen molar-refractivity contribution in [3.05, 3.63) is 0 Å². The first-order valence-electron chi connectivity index (χ1n) is 13.1. The standard InChI is InChI=1S/C27H46O4Si/c1-8-21-24-20(23(28)14-13-22(24)27(21)29-17-18-30-27)15-16-26(5,19-11-9-10-12-19)31-32(6,7)25(2,3)4/h19-24,28H,8-14,17-18H2,1-7H3/t20-,21?,22-,23+,24-,26-/m0/s1. The summed E-state index contributed by atoms with van der Waals surface area (Å²) in [6, 6.07) is 0. The average molecular weight is 463 g/mol. The maximum atomic E-state index is 11.0. The van der Waals surface area contributed by atoms with Crippen LogP contribution in [0.2, 0.25) is 18.1 Å². The number of aliphatic hydroxyl groups is 1. The second kappa shape index (κ2) is 8.68. The highest BCUT2D eigenvalue weighted by Crippen LogP contribution is 2.62. The van der Waals surface area contributed by atoms with E-state index in [-0.39, 0.29) is 17.1 Å². The molecule has 0 bridgehead atoms. The Hall–Kier alpha value is -0.383. The zero-order chi connectivity index (χ0) is 23.4. The fraction of sp³-hybridized carbons (Fsp3) is 0.926. The number of hydrogen-bond donors (Lipinski definition) is 1. The molecule has 4 rings (SSSR count). The fourth-order valence-corrected chi connectivity index (χ4v) is 8.46. The van der Waals surface area contributed by atoms with Crippen LogP contribution in [0.1, 0.15) is 79.6 Å². The molecule has 4 fully saturated rings. The van der Waals surface area contributed by atoms with Crippen LogP contribution in [0, 0.1) is 41.4 Å². The maximum Gasteiger partial charge on any atom is 0.194 e. The topological polar surface area (TPSA) is 47.9 Å². The highest BCUT2D eigenvalue weighted by molar-refractivity contribution is 6.74. The maximum absolute atomic E-state index is 11.0. The van der Waals surface area contributed by atoms with Crippen LogP contribution >= 0.6 is 0 Å². The third kappa shape index (κ3) is 4.03.